The predicted molar refractivity (Wildman–Crippen MR) is 87.4 cm³/mol. The molecule has 1 N–H and O–H groups in total. The minimum absolute atomic E-state index is 0.134. The highest BCUT2D eigenvalue weighted by molar-refractivity contribution is 5.80. The molecular formula is C17H34N2O2. The molecule has 124 valence electrons. The van der Waals surface area contributed by atoms with Crippen molar-refractivity contribution in [3.63, 3.8) is 0 Å². The summed E-state index contributed by atoms with van der Waals surface area (Å²) in [6.45, 7) is 12.4. The second kappa shape index (κ2) is 8.14. The van der Waals surface area contributed by atoms with Crippen LogP contribution in [0.5, 0.6) is 0 Å². The second-order valence-corrected chi connectivity index (χ2v) is 6.64. The maximum absolute atomic E-state index is 12.0. The quantitative estimate of drug-likeness (QED) is 0.665. The van der Waals surface area contributed by atoms with E-state index < -0.39 is 5.54 Å². The molecule has 0 aromatic carbocycles. The fourth-order valence-electron chi connectivity index (χ4n) is 3.32. The molecule has 0 spiro atoms. The van der Waals surface area contributed by atoms with Gasteiger partial charge < -0.3 is 15.0 Å². The highest BCUT2D eigenvalue weighted by atomic mass is 16.5. The first-order valence-electron chi connectivity index (χ1n) is 8.53. The second-order valence-electron chi connectivity index (χ2n) is 6.64. The number of likely N-dealkylation sites (N-methyl/N-ethyl adjacent to an activating group) is 1. The summed E-state index contributed by atoms with van der Waals surface area (Å²) in [5.74, 6) is -0.134. The van der Waals surface area contributed by atoms with E-state index in [2.05, 4.69) is 24.1 Å². The van der Waals surface area contributed by atoms with Crippen LogP contribution in [-0.4, -0.2) is 49.7 Å². The maximum Gasteiger partial charge on any atom is 0.326 e. The molecule has 1 aliphatic heterocycles. The topological polar surface area (TPSA) is 41.6 Å². The van der Waals surface area contributed by atoms with Gasteiger partial charge in [-0.15, -0.1) is 0 Å². The van der Waals surface area contributed by atoms with E-state index in [1.807, 2.05) is 20.9 Å². The number of nitrogens with zero attached hydrogens (tertiary/aromatic N) is 1. The third kappa shape index (κ3) is 4.68. The number of likely N-dealkylation sites (tertiary alicyclic amines) is 1. The Hall–Kier alpha value is -0.610. The van der Waals surface area contributed by atoms with Gasteiger partial charge in [-0.2, -0.15) is 0 Å². The number of carbonyl (C=O) groups is 1. The number of hydrogen-bond acceptors (Lipinski definition) is 4. The van der Waals surface area contributed by atoms with Crippen LogP contribution in [0.4, 0.5) is 0 Å². The van der Waals surface area contributed by atoms with Crippen molar-refractivity contribution >= 4 is 5.97 Å². The number of ether oxygens (including phenoxy) is 1. The van der Waals surface area contributed by atoms with Gasteiger partial charge in [-0.05, 0) is 71.5 Å². The van der Waals surface area contributed by atoms with Gasteiger partial charge in [0.1, 0.15) is 5.54 Å². The molecule has 0 radical (unpaired) electrons. The molecule has 1 saturated heterocycles. The van der Waals surface area contributed by atoms with E-state index in [0.29, 0.717) is 12.0 Å². The number of hydrogen-bond donors (Lipinski definition) is 1. The zero-order chi connectivity index (χ0) is 15.9. The standard InChI is InChI=1S/C17H34N2O2/c1-6-17(7-2)11-13-19(14-17)12-9-10-16(4,18-5)15(20)21-8-3/h18H,6-14H2,1-5H3. The fraction of sp³-hybridized carbons (Fsp3) is 0.941. The summed E-state index contributed by atoms with van der Waals surface area (Å²) in [6.07, 6.45) is 5.72. The summed E-state index contributed by atoms with van der Waals surface area (Å²) >= 11 is 0. The molecule has 1 rings (SSSR count). The zero-order valence-corrected chi connectivity index (χ0v) is 14.6. The van der Waals surface area contributed by atoms with E-state index in [4.69, 9.17) is 4.74 Å². The number of rotatable bonds is 9. The summed E-state index contributed by atoms with van der Waals surface area (Å²) in [7, 11) is 1.84. The van der Waals surface area contributed by atoms with Crippen molar-refractivity contribution in [2.75, 3.05) is 33.3 Å². The molecule has 1 heterocycles. The van der Waals surface area contributed by atoms with Gasteiger partial charge in [-0.25, -0.2) is 0 Å². The van der Waals surface area contributed by atoms with Gasteiger partial charge in [0.15, 0.2) is 0 Å². The van der Waals surface area contributed by atoms with E-state index in [-0.39, 0.29) is 5.97 Å². The fourth-order valence-corrected chi connectivity index (χ4v) is 3.32. The van der Waals surface area contributed by atoms with Crippen molar-refractivity contribution in [3.8, 4) is 0 Å². The third-order valence-corrected chi connectivity index (χ3v) is 5.45. The molecular weight excluding hydrogens is 264 g/mol. The van der Waals surface area contributed by atoms with Gasteiger partial charge >= 0.3 is 5.97 Å². The largest absolute Gasteiger partial charge is 0.465 e. The predicted octanol–water partition coefficient (Wildman–Crippen LogP) is 2.82. The molecule has 1 unspecified atom stereocenters. The van der Waals surface area contributed by atoms with Crippen molar-refractivity contribution in [2.45, 2.75) is 65.3 Å². The van der Waals surface area contributed by atoms with E-state index >= 15 is 0 Å². The van der Waals surface area contributed by atoms with E-state index in [1.165, 1.54) is 32.4 Å². The van der Waals surface area contributed by atoms with Crippen LogP contribution in [0.2, 0.25) is 0 Å². The lowest BCUT2D eigenvalue weighted by molar-refractivity contribution is -0.150. The van der Waals surface area contributed by atoms with Gasteiger partial charge in [0.25, 0.3) is 0 Å². The molecule has 21 heavy (non-hydrogen) atoms. The molecule has 0 bridgehead atoms. The Morgan fingerprint density at radius 1 is 1.33 bits per heavy atom. The first kappa shape index (κ1) is 18.4. The minimum atomic E-state index is -0.553. The van der Waals surface area contributed by atoms with Crippen LogP contribution in [0.3, 0.4) is 0 Å². The first-order chi connectivity index (χ1) is 9.95. The van der Waals surface area contributed by atoms with Gasteiger partial charge in [0.05, 0.1) is 6.61 Å². The molecule has 4 nitrogen and oxygen atoms in total. The first-order valence-corrected chi connectivity index (χ1v) is 8.53. The van der Waals surface area contributed by atoms with Crippen LogP contribution in [0.1, 0.15) is 59.8 Å². The van der Waals surface area contributed by atoms with Gasteiger partial charge in [0.2, 0.25) is 0 Å². The van der Waals surface area contributed by atoms with E-state index in [0.717, 1.165) is 19.4 Å². The number of carbonyl (C=O) groups excluding carboxylic acids is 1. The average molecular weight is 298 g/mol. The highest BCUT2D eigenvalue weighted by Crippen LogP contribution is 2.37. The Morgan fingerprint density at radius 2 is 2.00 bits per heavy atom. The lowest BCUT2D eigenvalue weighted by Gasteiger charge is -2.29. The van der Waals surface area contributed by atoms with Crippen LogP contribution in [0, 0.1) is 5.41 Å². The Morgan fingerprint density at radius 3 is 2.48 bits per heavy atom. The number of nitrogens with one attached hydrogen (secondary N) is 1. The summed E-state index contributed by atoms with van der Waals surface area (Å²) in [5, 5.41) is 3.13. The average Bonchev–Trinajstić information content (AvgIpc) is 2.91. The van der Waals surface area contributed by atoms with Crippen molar-refractivity contribution in [1.29, 1.82) is 0 Å². The Balaban J connectivity index is 2.41. The lowest BCUT2D eigenvalue weighted by Crippen LogP contribution is -2.49. The van der Waals surface area contributed by atoms with Crippen LogP contribution in [-0.2, 0) is 9.53 Å². The molecule has 0 aliphatic carbocycles. The SMILES string of the molecule is CCOC(=O)C(C)(CCCN1CCC(CC)(CC)C1)NC. The monoisotopic (exact) mass is 298 g/mol. The van der Waals surface area contributed by atoms with Crippen molar-refractivity contribution in [2.24, 2.45) is 5.41 Å². The van der Waals surface area contributed by atoms with Gasteiger partial charge in [0, 0.05) is 6.54 Å². The molecule has 0 aromatic rings. The molecule has 4 heteroatoms. The smallest absolute Gasteiger partial charge is 0.326 e. The van der Waals surface area contributed by atoms with Gasteiger partial charge in [-0.3, -0.25) is 4.79 Å². The summed E-state index contributed by atoms with van der Waals surface area (Å²) in [6, 6.07) is 0. The molecule has 0 aromatic heterocycles. The third-order valence-electron chi connectivity index (χ3n) is 5.45. The normalized spacial score (nSPS) is 21.2. The summed E-state index contributed by atoms with van der Waals surface area (Å²) < 4.78 is 5.17. The Labute approximate surface area is 130 Å². The Kier molecular flexibility index (Phi) is 7.14. The van der Waals surface area contributed by atoms with E-state index in [9.17, 15) is 4.79 Å². The molecule has 1 aliphatic rings. The van der Waals surface area contributed by atoms with Crippen molar-refractivity contribution in [3.05, 3.63) is 0 Å². The van der Waals surface area contributed by atoms with Crippen LogP contribution < -0.4 is 5.32 Å². The molecule has 1 atom stereocenters. The highest BCUT2D eigenvalue weighted by Gasteiger charge is 2.36. The summed E-state index contributed by atoms with van der Waals surface area (Å²) in [5.41, 5.74) is -0.0181. The van der Waals surface area contributed by atoms with E-state index in [1.54, 1.807) is 0 Å². The van der Waals surface area contributed by atoms with Crippen LogP contribution in [0.25, 0.3) is 0 Å². The molecule has 0 saturated carbocycles. The summed E-state index contributed by atoms with van der Waals surface area (Å²) in [4.78, 5) is 14.6. The number of esters is 1. The zero-order valence-electron chi connectivity index (χ0n) is 14.6. The van der Waals surface area contributed by atoms with Crippen LogP contribution in [0.15, 0.2) is 0 Å². The van der Waals surface area contributed by atoms with Gasteiger partial charge in [-0.1, -0.05) is 13.8 Å². The van der Waals surface area contributed by atoms with Crippen molar-refractivity contribution in [1.82, 2.24) is 10.2 Å². The Bertz CT molecular complexity index is 329. The minimum Gasteiger partial charge on any atom is -0.465 e. The molecule has 1 fully saturated rings. The lowest BCUT2D eigenvalue weighted by atomic mass is 9.82. The molecule has 0 amide bonds. The van der Waals surface area contributed by atoms with Crippen molar-refractivity contribution < 1.29 is 9.53 Å². The maximum atomic E-state index is 12.0. The van der Waals surface area contributed by atoms with Crippen LogP contribution >= 0.6 is 0 Å².